The molecular weight excluding hydrogens is 385 g/mol. The van der Waals surface area contributed by atoms with E-state index in [1.807, 2.05) is 25.1 Å². The van der Waals surface area contributed by atoms with Crippen LogP contribution in [0.15, 0.2) is 54.7 Å². The first-order chi connectivity index (χ1) is 14.5. The summed E-state index contributed by atoms with van der Waals surface area (Å²) in [5, 5.41) is 11.3. The average molecular weight is 403 g/mol. The number of hydrogen-bond acceptors (Lipinski definition) is 4. The lowest BCUT2D eigenvalue weighted by molar-refractivity contribution is 0.0598. The van der Waals surface area contributed by atoms with Crippen LogP contribution in [0.3, 0.4) is 0 Å². The number of nitrogens with one attached hydrogen (secondary N) is 1. The number of H-pyrrole nitrogens is 1. The van der Waals surface area contributed by atoms with Crippen LogP contribution in [0.4, 0.5) is 4.39 Å². The summed E-state index contributed by atoms with van der Waals surface area (Å²) in [4.78, 5) is 15.8. The van der Waals surface area contributed by atoms with Gasteiger partial charge in [-0.1, -0.05) is 18.2 Å². The fraction of sp³-hybridized carbons (Fsp3) is 0.125. The number of aryl methyl sites for hydroxylation is 1. The predicted octanol–water partition coefficient (Wildman–Crippen LogP) is 5.26. The Kier molecular flexibility index (Phi) is 4.03. The first-order valence-corrected chi connectivity index (χ1v) is 9.47. The van der Waals surface area contributed by atoms with Crippen molar-refractivity contribution in [3.05, 3.63) is 82.8 Å². The molecule has 6 heteroatoms. The molecule has 0 amide bonds. The van der Waals surface area contributed by atoms with E-state index in [4.69, 9.17) is 9.47 Å². The lowest BCUT2D eigenvalue weighted by atomic mass is 9.92. The van der Waals surface area contributed by atoms with Crippen molar-refractivity contribution in [1.29, 1.82) is 0 Å². The molecule has 0 radical (unpaired) electrons. The van der Waals surface area contributed by atoms with Gasteiger partial charge in [0.2, 0.25) is 0 Å². The van der Waals surface area contributed by atoms with Crippen molar-refractivity contribution in [2.45, 2.75) is 13.0 Å². The number of benzene rings is 3. The van der Waals surface area contributed by atoms with E-state index in [9.17, 15) is 14.3 Å². The minimum absolute atomic E-state index is 0.0437. The topological polar surface area (TPSA) is 71.5 Å². The largest absolute Gasteiger partial charge is 0.507 e. The summed E-state index contributed by atoms with van der Waals surface area (Å²) in [6, 6.07) is 13.5. The summed E-state index contributed by atoms with van der Waals surface area (Å²) < 4.78 is 25.1. The maximum absolute atomic E-state index is 13.8. The Bertz CT molecular complexity index is 1320. The van der Waals surface area contributed by atoms with Gasteiger partial charge in [-0.3, -0.25) is 0 Å². The molecule has 0 unspecified atom stereocenters. The first kappa shape index (κ1) is 18.2. The fourth-order valence-corrected chi connectivity index (χ4v) is 4.23. The molecule has 2 heterocycles. The van der Waals surface area contributed by atoms with Crippen molar-refractivity contribution in [2.24, 2.45) is 0 Å². The Balaban J connectivity index is 1.87. The number of aromatic nitrogens is 1. The van der Waals surface area contributed by atoms with Gasteiger partial charge in [0, 0.05) is 39.4 Å². The maximum Gasteiger partial charge on any atom is 0.342 e. The summed E-state index contributed by atoms with van der Waals surface area (Å²) in [5.41, 5.74) is 4.55. The number of esters is 1. The van der Waals surface area contributed by atoms with E-state index in [1.165, 1.54) is 25.3 Å². The quantitative estimate of drug-likeness (QED) is 0.448. The molecule has 1 atom stereocenters. The van der Waals surface area contributed by atoms with Crippen molar-refractivity contribution in [2.75, 3.05) is 7.11 Å². The molecular formula is C24H18FNO4. The molecule has 0 saturated carbocycles. The molecule has 150 valence electrons. The predicted molar refractivity (Wildman–Crippen MR) is 110 cm³/mol. The summed E-state index contributed by atoms with van der Waals surface area (Å²) in [6.07, 6.45) is 1.27. The number of hydrogen-bond donors (Lipinski definition) is 2. The number of methoxy groups -OCH3 is 1. The van der Waals surface area contributed by atoms with Crippen LogP contribution in [0.5, 0.6) is 11.5 Å². The molecule has 0 spiro atoms. The van der Waals surface area contributed by atoms with Gasteiger partial charge in [0.15, 0.2) is 0 Å². The fourth-order valence-electron chi connectivity index (χ4n) is 4.23. The van der Waals surface area contributed by atoms with Crippen LogP contribution in [0.2, 0.25) is 0 Å². The summed E-state index contributed by atoms with van der Waals surface area (Å²) >= 11 is 0. The lowest BCUT2D eigenvalue weighted by Crippen LogP contribution is -2.11. The second-order valence-electron chi connectivity index (χ2n) is 7.30. The number of phenols is 1. The minimum atomic E-state index is -0.656. The van der Waals surface area contributed by atoms with Crippen molar-refractivity contribution in [1.82, 2.24) is 4.98 Å². The lowest BCUT2D eigenvalue weighted by Gasteiger charge is -2.22. The number of halogens is 1. The van der Waals surface area contributed by atoms with Crippen molar-refractivity contribution < 1.29 is 23.8 Å². The first-order valence-electron chi connectivity index (χ1n) is 9.47. The molecule has 0 bridgehead atoms. The van der Waals surface area contributed by atoms with Gasteiger partial charge in [-0.05, 0) is 42.8 Å². The second-order valence-corrected chi connectivity index (χ2v) is 7.30. The van der Waals surface area contributed by atoms with Gasteiger partial charge in [0.05, 0.1) is 7.11 Å². The zero-order chi connectivity index (χ0) is 21.0. The normalized spacial score (nSPS) is 14.7. The van der Waals surface area contributed by atoms with Crippen LogP contribution in [0.1, 0.15) is 33.2 Å². The Morgan fingerprint density at radius 3 is 2.77 bits per heavy atom. The third-order valence-corrected chi connectivity index (χ3v) is 5.58. The second kappa shape index (κ2) is 6.62. The van der Waals surface area contributed by atoms with E-state index in [0.717, 1.165) is 33.2 Å². The average Bonchev–Trinajstić information content (AvgIpc) is 3.10. The molecule has 5 rings (SSSR count). The van der Waals surface area contributed by atoms with Gasteiger partial charge in [0.1, 0.15) is 29.0 Å². The van der Waals surface area contributed by atoms with Crippen molar-refractivity contribution >= 4 is 16.9 Å². The Morgan fingerprint density at radius 2 is 2.00 bits per heavy atom. The van der Waals surface area contributed by atoms with Gasteiger partial charge < -0.3 is 19.6 Å². The van der Waals surface area contributed by atoms with Gasteiger partial charge in [0.25, 0.3) is 0 Å². The monoisotopic (exact) mass is 403 g/mol. The molecule has 30 heavy (non-hydrogen) atoms. The molecule has 1 aliphatic heterocycles. The number of ether oxygens (including phenoxy) is 2. The van der Waals surface area contributed by atoms with E-state index in [2.05, 4.69) is 4.98 Å². The van der Waals surface area contributed by atoms with Crippen LogP contribution in [0.25, 0.3) is 22.0 Å². The Labute approximate surface area is 171 Å². The highest BCUT2D eigenvalue weighted by Gasteiger charge is 2.32. The van der Waals surface area contributed by atoms with Gasteiger partial charge in [-0.2, -0.15) is 0 Å². The molecule has 1 aromatic heterocycles. The van der Waals surface area contributed by atoms with E-state index >= 15 is 0 Å². The number of aromatic hydroxyl groups is 1. The maximum atomic E-state index is 13.8. The zero-order valence-corrected chi connectivity index (χ0v) is 16.3. The third-order valence-electron chi connectivity index (χ3n) is 5.58. The van der Waals surface area contributed by atoms with E-state index in [-0.39, 0.29) is 17.1 Å². The molecule has 0 saturated heterocycles. The van der Waals surface area contributed by atoms with Gasteiger partial charge in [-0.15, -0.1) is 0 Å². The van der Waals surface area contributed by atoms with Gasteiger partial charge in [-0.25, -0.2) is 9.18 Å². The van der Waals surface area contributed by atoms with Crippen molar-refractivity contribution in [3.8, 4) is 22.6 Å². The number of carbonyl (C=O) groups excluding carboxylic acids is 1. The highest BCUT2D eigenvalue weighted by atomic mass is 19.1. The SMILES string of the molecule is COC(=O)c1c(O)ccc2c1-c1c[nH]c3cccc(c13)[C@@H](c1ccc(F)cc1C)O2. The summed E-state index contributed by atoms with van der Waals surface area (Å²) in [7, 11) is 1.27. The Morgan fingerprint density at radius 1 is 1.17 bits per heavy atom. The molecule has 4 aromatic rings. The summed E-state index contributed by atoms with van der Waals surface area (Å²) in [5.74, 6) is -0.730. The van der Waals surface area contributed by atoms with E-state index in [1.54, 1.807) is 18.3 Å². The molecule has 0 fully saturated rings. The number of fused-ring (bicyclic) bond motifs is 2. The molecule has 2 N–H and O–H groups in total. The minimum Gasteiger partial charge on any atom is -0.507 e. The number of rotatable bonds is 2. The molecule has 1 aliphatic rings. The number of phenolic OH excluding ortho intramolecular Hbond substituents is 1. The number of carbonyl (C=O) groups is 1. The number of aromatic amines is 1. The zero-order valence-electron chi connectivity index (χ0n) is 16.3. The molecule has 3 aromatic carbocycles. The van der Waals surface area contributed by atoms with Crippen LogP contribution in [-0.4, -0.2) is 23.2 Å². The smallest absolute Gasteiger partial charge is 0.342 e. The summed E-state index contributed by atoms with van der Waals surface area (Å²) in [6.45, 7) is 1.84. The van der Waals surface area contributed by atoms with Crippen LogP contribution >= 0.6 is 0 Å². The van der Waals surface area contributed by atoms with Crippen LogP contribution < -0.4 is 4.74 Å². The van der Waals surface area contributed by atoms with Crippen LogP contribution in [0, 0.1) is 12.7 Å². The van der Waals surface area contributed by atoms with E-state index < -0.39 is 12.1 Å². The molecule has 0 aliphatic carbocycles. The standard InChI is InChI=1S/C24H18FNO4/c1-12-10-13(25)6-7-14(12)23-15-4-3-5-17-20(15)16(11-26-17)21-19(30-23)9-8-18(27)22(21)24(28)29-2/h3-11,23,26-27H,1-2H3/t23-/m1/s1. The third kappa shape index (κ3) is 2.57. The Hall–Kier alpha value is -3.80. The highest BCUT2D eigenvalue weighted by Crippen LogP contribution is 2.49. The van der Waals surface area contributed by atoms with Gasteiger partial charge >= 0.3 is 5.97 Å². The van der Waals surface area contributed by atoms with E-state index in [0.29, 0.717) is 11.3 Å². The van der Waals surface area contributed by atoms with Crippen molar-refractivity contribution in [3.63, 3.8) is 0 Å². The molecule has 5 nitrogen and oxygen atoms in total. The van der Waals surface area contributed by atoms with Crippen LogP contribution in [-0.2, 0) is 4.74 Å². The highest BCUT2D eigenvalue weighted by molar-refractivity contribution is 6.08.